The van der Waals surface area contributed by atoms with E-state index in [-0.39, 0.29) is 0 Å². The average molecular weight is 429 g/mol. The molecule has 2 heterocycles. The van der Waals surface area contributed by atoms with Gasteiger partial charge in [0.2, 0.25) is 11.8 Å². The fraction of sp³-hybridized carbons (Fsp3) is 0.0435. The predicted octanol–water partition coefficient (Wildman–Crippen LogP) is 5.18. The molecule has 2 aromatic carbocycles. The monoisotopic (exact) mass is 428 g/mol. The van der Waals surface area contributed by atoms with Crippen LogP contribution in [0.2, 0.25) is 0 Å². The summed E-state index contributed by atoms with van der Waals surface area (Å²) in [6.45, 7) is 0. The summed E-state index contributed by atoms with van der Waals surface area (Å²) in [6.07, 6.45) is 3.38. The molecule has 0 spiro atoms. The van der Waals surface area contributed by atoms with Crippen molar-refractivity contribution in [2.24, 2.45) is 0 Å². The highest BCUT2D eigenvalue weighted by molar-refractivity contribution is 7.80. The molecule has 0 aliphatic rings. The first-order chi connectivity index (χ1) is 15.2. The van der Waals surface area contributed by atoms with Crippen LogP contribution in [0, 0.1) is 0 Å². The number of benzene rings is 2. The zero-order chi connectivity index (χ0) is 21.5. The van der Waals surface area contributed by atoms with Crippen molar-refractivity contribution >= 4 is 34.7 Å². The first-order valence-electron chi connectivity index (χ1n) is 9.58. The maximum atomic E-state index is 6.02. The van der Waals surface area contributed by atoms with Gasteiger partial charge < -0.3 is 20.7 Å². The van der Waals surface area contributed by atoms with E-state index in [0.29, 0.717) is 22.7 Å². The van der Waals surface area contributed by atoms with E-state index in [4.69, 9.17) is 17.0 Å². The van der Waals surface area contributed by atoms with Gasteiger partial charge in [0.25, 0.3) is 0 Å². The predicted molar refractivity (Wildman–Crippen MR) is 128 cm³/mol. The molecule has 0 atom stereocenters. The quantitative estimate of drug-likeness (QED) is 0.362. The number of para-hydroxylation sites is 1. The van der Waals surface area contributed by atoms with Crippen molar-refractivity contribution in [2.75, 3.05) is 23.0 Å². The van der Waals surface area contributed by atoms with Crippen molar-refractivity contribution in [1.29, 1.82) is 0 Å². The highest BCUT2D eigenvalue weighted by atomic mass is 32.1. The Kier molecular flexibility index (Phi) is 6.29. The largest absolute Gasteiger partial charge is 0.438 e. The molecular formula is C23H20N6OS. The van der Waals surface area contributed by atoms with E-state index in [9.17, 15) is 0 Å². The minimum absolute atomic E-state index is 0.463. The van der Waals surface area contributed by atoms with E-state index in [1.165, 1.54) is 0 Å². The molecule has 31 heavy (non-hydrogen) atoms. The Hall–Kier alpha value is -4.04. The summed E-state index contributed by atoms with van der Waals surface area (Å²) in [5, 5.41) is 9.75. The third-order valence-electron chi connectivity index (χ3n) is 4.28. The first-order valence-corrected chi connectivity index (χ1v) is 9.99. The van der Waals surface area contributed by atoms with Gasteiger partial charge in [-0.1, -0.05) is 18.2 Å². The van der Waals surface area contributed by atoms with E-state index in [1.807, 2.05) is 72.8 Å². The minimum Gasteiger partial charge on any atom is -0.438 e. The van der Waals surface area contributed by atoms with Gasteiger partial charge in [-0.3, -0.25) is 0 Å². The van der Waals surface area contributed by atoms with E-state index >= 15 is 0 Å². The number of thiocarbonyl (C=S) groups is 1. The van der Waals surface area contributed by atoms with Crippen LogP contribution in [0.5, 0.6) is 11.6 Å². The zero-order valence-corrected chi connectivity index (χ0v) is 17.6. The summed E-state index contributed by atoms with van der Waals surface area (Å²) in [6, 6.07) is 22.8. The molecule has 0 amide bonds. The number of anilines is 3. The molecule has 0 fully saturated rings. The number of ether oxygens (including phenoxy) is 1. The average Bonchev–Trinajstić information content (AvgIpc) is 2.81. The Morgan fingerprint density at radius 1 is 0.806 bits per heavy atom. The third-order valence-corrected chi connectivity index (χ3v) is 4.49. The molecule has 2 aromatic heterocycles. The van der Waals surface area contributed by atoms with E-state index < -0.39 is 0 Å². The molecule has 0 saturated heterocycles. The van der Waals surface area contributed by atoms with Gasteiger partial charge in [-0.2, -0.15) is 0 Å². The van der Waals surface area contributed by atoms with Crippen LogP contribution in [0.4, 0.5) is 17.3 Å². The second kappa shape index (κ2) is 9.64. The fourth-order valence-corrected chi connectivity index (χ4v) is 3.06. The van der Waals surface area contributed by atoms with Gasteiger partial charge in [-0.15, -0.1) is 0 Å². The number of aromatic nitrogens is 3. The van der Waals surface area contributed by atoms with Crippen molar-refractivity contribution in [3.63, 3.8) is 0 Å². The molecular weight excluding hydrogens is 408 g/mol. The van der Waals surface area contributed by atoms with E-state index in [1.54, 1.807) is 19.4 Å². The molecule has 154 valence electrons. The topological polar surface area (TPSA) is 84.0 Å². The summed E-state index contributed by atoms with van der Waals surface area (Å²) in [4.78, 5) is 13.0. The lowest BCUT2D eigenvalue weighted by molar-refractivity contribution is 0.465. The second-order valence-electron chi connectivity index (χ2n) is 6.44. The van der Waals surface area contributed by atoms with Crippen molar-refractivity contribution < 1.29 is 4.74 Å². The number of nitrogens with zero attached hydrogens (tertiary/aromatic N) is 3. The summed E-state index contributed by atoms with van der Waals surface area (Å²) in [5.74, 6) is 1.64. The van der Waals surface area contributed by atoms with Crippen LogP contribution in [-0.2, 0) is 0 Å². The standard InChI is InChI=1S/C23H20N6OS/c1-24-22-26-15-13-20(29-22)19-8-5-14-25-21(19)30-18-11-9-17(10-12-18)28-23(31)27-16-6-3-2-4-7-16/h2-15H,1H3,(H,24,26,29)(H2,27,28,31). The maximum absolute atomic E-state index is 6.02. The molecule has 4 rings (SSSR count). The highest BCUT2D eigenvalue weighted by Crippen LogP contribution is 2.30. The van der Waals surface area contributed by atoms with Crippen molar-refractivity contribution in [3.05, 3.63) is 85.2 Å². The normalized spacial score (nSPS) is 10.2. The SMILES string of the molecule is CNc1nccc(-c2cccnc2Oc2ccc(NC(=S)Nc3ccccc3)cc2)n1. The van der Waals surface area contributed by atoms with Crippen LogP contribution < -0.4 is 20.7 Å². The van der Waals surface area contributed by atoms with Gasteiger partial charge in [0.15, 0.2) is 5.11 Å². The minimum atomic E-state index is 0.463. The molecule has 7 nitrogen and oxygen atoms in total. The molecule has 8 heteroatoms. The summed E-state index contributed by atoms with van der Waals surface area (Å²) >= 11 is 5.37. The molecule has 0 saturated carbocycles. The second-order valence-corrected chi connectivity index (χ2v) is 6.85. The lowest BCUT2D eigenvalue weighted by atomic mass is 10.2. The summed E-state index contributed by atoms with van der Waals surface area (Å²) in [7, 11) is 1.77. The first kappa shape index (κ1) is 20.2. The van der Waals surface area contributed by atoms with Crippen LogP contribution in [0.3, 0.4) is 0 Å². The van der Waals surface area contributed by atoms with Crippen molar-refractivity contribution in [1.82, 2.24) is 15.0 Å². The van der Waals surface area contributed by atoms with E-state index in [2.05, 4.69) is 30.9 Å². The summed E-state index contributed by atoms with van der Waals surface area (Å²) < 4.78 is 6.02. The lowest BCUT2D eigenvalue weighted by Crippen LogP contribution is -2.18. The number of pyridine rings is 1. The van der Waals surface area contributed by atoms with Gasteiger partial charge in [0.1, 0.15) is 5.75 Å². The lowest BCUT2D eigenvalue weighted by Gasteiger charge is -2.12. The smallest absolute Gasteiger partial charge is 0.228 e. The highest BCUT2D eigenvalue weighted by Gasteiger charge is 2.11. The van der Waals surface area contributed by atoms with Gasteiger partial charge in [-0.05, 0) is 66.8 Å². The van der Waals surface area contributed by atoms with Crippen LogP contribution in [0.15, 0.2) is 85.2 Å². The maximum Gasteiger partial charge on any atom is 0.228 e. The van der Waals surface area contributed by atoms with Crippen molar-refractivity contribution in [3.8, 4) is 22.9 Å². The van der Waals surface area contributed by atoms with Crippen LogP contribution in [0.1, 0.15) is 0 Å². The molecule has 4 aromatic rings. The molecule has 0 aliphatic carbocycles. The Morgan fingerprint density at radius 2 is 1.55 bits per heavy atom. The number of nitrogens with one attached hydrogen (secondary N) is 3. The van der Waals surface area contributed by atoms with Gasteiger partial charge in [-0.25, -0.2) is 15.0 Å². The number of hydrogen-bond donors (Lipinski definition) is 3. The van der Waals surface area contributed by atoms with Gasteiger partial charge in [0, 0.05) is 30.8 Å². The molecule has 0 bridgehead atoms. The number of hydrogen-bond acceptors (Lipinski definition) is 6. The Balaban J connectivity index is 1.45. The van der Waals surface area contributed by atoms with E-state index in [0.717, 1.165) is 22.6 Å². The third kappa shape index (κ3) is 5.31. The van der Waals surface area contributed by atoms with Gasteiger partial charge in [0.05, 0.1) is 11.3 Å². The van der Waals surface area contributed by atoms with Crippen LogP contribution >= 0.6 is 12.2 Å². The molecule has 3 N–H and O–H groups in total. The zero-order valence-electron chi connectivity index (χ0n) is 16.7. The van der Waals surface area contributed by atoms with Crippen molar-refractivity contribution in [2.45, 2.75) is 0 Å². The number of rotatable bonds is 6. The molecule has 0 aliphatic heterocycles. The Bertz CT molecular complexity index is 1170. The molecule has 0 unspecified atom stereocenters. The Labute approximate surface area is 185 Å². The van der Waals surface area contributed by atoms with Crippen LogP contribution in [-0.4, -0.2) is 27.1 Å². The summed E-state index contributed by atoms with van der Waals surface area (Å²) in [5.41, 5.74) is 3.26. The Morgan fingerprint density at radius 3 is 2.29 bits per heavy atom. The fourth-order valence-electron chi connectivity index (χ4n) is 2.83. The van der Waals surface area contributed by atoms with Crippen LogP contribution in [0.25, 0.3) is 11.3 Å². The van der Waals surface area contributed by atoms with Gasteiger partial charge >= 0.3 is 0 Å². The molecule has 0 radical (unpaired) electrons.